The number of hydrogen-bond acceptors (Lipinski definition) is 3. The molecule has 2 aliphatic heterocycles. The van der Waals surface area contributed by atoms with Gasteiger partial charge in [-0.25, -0.2) is 0 Å². The van der Waals surface area contributed by atoms with Gasteiger partial charge in [-0.1, -0.05) is 17.2 Å². The van der Waals surface area contributed by atoms with Gasteiger partial charge >= 0.3 is 0 Å². The molecule has 1 aromatic carbocycles. The van der Waals surface area contributed by atoms with Crippen molar-refractivity contribution in [2.45, 2.75) is 46.0 Å². The Kier molecular flexibility index (Phi) is 6.20. The molecule has 0 unspecified atom stereocenters. The molecule has 0 saturated carbocycles. The molecule has 3 rings (SSSR count). The summed E-state index contributed by atoms with van der Waals surface area (Å²) in [6, 6.07) is 6.06. The van der Waals surface area contributed by atoms with Crippen molar-refractivity contribution in [2.75, 3.05) is 39.9 Å². The van der Waals surface area contributed by atoms with E-state index in [1.807, 2.05) is 35.8 Å². The highest BCUT2D eigenvalue weighted by Crippen LogP contribution is 2.40. The summed E-state index contributed by atoms with van der Waals surface area (Å²) in [6.45, 7) is 7.94. The molecule has 2 heterocycles. The summed E-state index contributed by atoms with van der Waals surface area (Å²) in [4.78, 5) is 29.2. The summed E-state index contributed by atoms with van der Waals surface area (Å²) < 4.78 is 5.12. The van der Waals surface area contributed by atoms with Gasteiger partial charge in [-0.2, -0.15) is 0 Å². The van der Waals surface area contributed by atoms with Crippen LogP contribution in [0.25, 0.3) is 0 Å². The van der Waals surface area contributed by atoms with E-state index in [1.54, 1.807) is 7.11 Å². The summed E-state index contributed by atoms with van der Waals surface area (Å²) >= 11 is 0. The van der Waals surface area contributed by atoms with Gasteiger partial charge in [-0.15, -0.1) is 0 Å². The third kappa shape index (κ3) is 4.70. The van der Waals surface area contributed by atoms with Gasteiger partial charge in [0, 0.05) is 51.9 Å². The molecule has 2 aliphatic rings. The van der Waals surface area contributed by atoms with Crippen molar-refractivity contribution in [3.63, 3.8) is 0 Å². The van der Waals surface area contributed by atoms with Crippen LogP contribution in [0.15, 0.2) is 18.2 Å². The maximum atomic E-state index is 12.9. The fraction of sp³-hybridized carbons (Fsp3) is 0.636. The van der Waals surface area contributed by atoms with Gasteiger partial charge in [0.25, 0.3) is 5.91 Å². The Morgan fingerprint density at radius 3 is 2.41 bits per heavy atom. The van der Waals surface area contributed by atoms with Gasteiger partial charge in [-0.05, 0) is 57.1 Å². The predicted molar refractivity (Wildman–Crippen MR) is 106 cm³/mol. The second kappa shape index (κ2) is 8.42. The summed E-state index contributed by atoms with van der Waals surface area (Å²) in [5.74, 6) is 0.408. The molecule has 2 amide bonds. The van der Waals surface area contributed by atoms with Crippen LogP contribution >= 0.6 is 0 Å². The minimum absolute atomic E-state index is 0.139. The minimum Gasteiger partial charge on any atom is -0.385 e. The number of benzene rings is 1. The third-order valence-corrected chi connectivity index (χ3v) is 6.10. The van der Waals surface area contributed by atoms with E-state index in [9.17, 15) is 9.59 Å². The third-order valence-electron chi connectivity index (χ3n) is 6.10. The molecule has 0 bridgehead atoms. The standard InChI is InChI=1S/C22H32N2O3/c1-17-13-18(2)15-19(14-17)21(26)23-10-7-22(8-11-23)6-5-20(25)24(16-22)9-4-12-27-3/h13-15H,4-12,16H2,1-3H3. The van der Waals surface area contributed by atoms with Crippen LogP contribution in [0.4, 0.5) is 0 Å². The summed E-state index contributed by atoms with van der Waals surface area (Å²) in [5, 5.41) is 0. The van der Waals surface area contributed by atoms with Crippen LogP contribution in [-0.4, -0.2) is 61.5 Å². The molecule has 27 heavy (non-hydrogen) atoms. The predicted octanol–water partition coefficient (Wildman–Crippen LogP) is 3.18. The first-order chi connectivity index (χ1) is 12.9. The van der Waals surface area contributed by atoms with Crippen LogP contribution < -0.4 is 0 Å². The zero-order valence-corrected chi connectivity index (χ0v) is 16.9. The number of rotatable bonds is 5. The van der Waals surface area contributed by atoms with Crippen molar-refractivity contribution in [3.8, 4) is 0 Å². The molecular formula is C22H32N2O3. The number of ether oxygens (including phenoxy) is 1. The Bertz CT molecular complexity index is 673. The topological polar surface area (TPSA) is 49.9 Å². The molecule has 0 atom stereocenters. The number of methoxy groups -OCH3 is 1. The largest absolute Gasteiger partial charge is 0.385 e. The Morgan fingerprint density at radius 2 is 1.78 bits per heavy atom. The Labute approximate surface area is 162 Å². The lowest BCUT2D eigenvalue weighted by Crippen LogP contribution is -2.52. The van der Waals surface area contributed by atoms with Gasteiger partial charge in [0.15, 0.2) is 0 Å². The Hall–Kier alpha value is -1.88. The van der Waals surface area contributed by atoms with E-state index < -0.39 is 0 Å². The molecule has 0 aromatic heterocycles. The minimum atomic E-state index is 0.139. The molecule has 0 N–H and O–H groups in total. The molecule has 5 heteroatoms. The van der Waals surface area contributed by atoms with Crippen LogP contribution in [0.5, 0.6) is 0 Å². The number of likely N-dealkylation sites (tertiary alicyclic amines) is 2. The van der Waals surface area contributed by atoms with Crippen molar-refractivity contribution < 1.29 is 14.3 Å². The van der Waals surface area contributed by atoms with Gasteiger partial charge in [-0.3, -0.25) is 9.59 Å². The second-order valence-electron chi connectivity index (χ2n) is 8.33. The molecule has 0 radical (unpaired) electrons. The average Bonchev–Trinajstić information content (AvgIpc) is 2.64. The lowest BCUT2D eigenvalue weighted by atomic mass is 9.72. The molecule has 5 nitrogen and oxygen atoms in total. The van der Waals surface area contributed by atoms with Crippen LogP contribution in [0.2, 0.25) is 0 Å². The lowest BCUT2D eigenvalue weighted by Gasteiger charge is -2.47. The van der Waals surface area contributed by atoms with Crippen LogP contribution in [0.1, 0.15) is 53.6 Å². The number of carbonyl (C=O) groups excluding carboxylic acids is 2. The van der Waals surface area contributed by atoms with Crippen molar-refractivity contribution in [2.24, 2.45) is 5.41 Å². The van der Waals surface area contributed by atoms with Crippen molar-refractivity contribution in [3.05, 3.63) is 34.9 Å². The van der Waals surface area contributed by atoms with Gasteiger partial charge in [0.2, 0.25) is 5.91 Å². The first kappa shape index (κ1) is 19.9. The van der Waals surface area contributed by atoms with Crippen molar-refractivity contribution in [1.82, 2.24) is 9.80 Å². The molecule has 148 valence electrons. The first-order valence-electron chi connectivity index (χ1n) is 10.1. The molecule has 2 fully saturated rings. The number of amides is 2. The first-order valence-corrected chi connectivity index (χ1v) is 10.1. The van der Waals surface area contributed by atoms with E-state index in [1.165, 1.54) is 0 Å². The Balaban J connectivity index is 1.60. The van der Waals surface area contributed by atoms with Crippen LogP contribution in [0, 0.1) is 19.3 Å². The highest BCUT2D eigenvalue weighted by Gasteiger charge is 2.41. The van der Waals surface area contributed by atoms with E-state index in [4.69, 9.17) is 4.74 Å². The number of aryl methyl sites for hydroxylation is 2. The van der Waals surface area contributed by atoms with E-state index in [-0.39, 0.29) is 17.2 Å². The molecule has 2 saturated heterocycles. The lowest BCUT2D eigenvalue weighted by molar-refractivity contribution is -0.139. The van der Waals surface area contributed by atoms with Gasteiger partial charge in [0.1, 0.15) is 0 Å². The van der Waals surface area contributed by atoms with Crippen molar-refractivity contribution in [1.29, 1.82) is 0 Å². The number of carbonyl (C=O) groups is 2. The molecule has 1 spiro atoms. The summed E-state index contributed by atoms with van der Waals surface area (Å²) in [7, 11) is 1.70. The average molecular weight is 373 g/mol. The maximum Gasteiger partial charge on any atom is 0.253 e. The van der Waals surface area contributed by atoms with E-state index in [0.29, 0.717) is 13.0 Å². The van der Waals surface area contributed by atoms with Gasteiger partial charge in [0.05, 0.1) is 0 Å². The van der Waals surface area contributed by atoms with E-state index in [0.717, 1.165) is 68.6 Å². The quantitative estimate of drug-likeness (QED) is 0.746. The van der Waals surface area contributed by atoms with Crippen molar-refractivity contribution >= 4 is 11.8 Å². The monoisotopic (exact) mass is 372 g/mol. The molecular weight excluding hydrogens is 340 g/mol. The summed E-state index contributed by atoms with van der Waals surface area (Å²) in [6.07, 6.45) is 4.45. The highest BCUT2D eigenvalue weighted by molar-refractivity contribution is 5.94. The number of hydrogen-bond donors (Lipinski definition) is 0. The fourth-order valence-electron chi connectivity index (χ4n) is 4.58. The van der Waals surface area contributed by atoms with Crippen LogP contribution in [0.3, 0.4) is 0 Å². The van der Waals surface area contributed by atoms with E-state index in [2.05, 4.69) is 6.07 Å². The molecule has 0 aliphatic carbocycles. The normalized spacial score (nSPS) is 19.6. The maximum absolute atomic E-state index is 12.9. The fourth-order valence-corrected chi connectivity index (χ4v) is 4.58. The zero-order chi connectivity index (χ0) is 19.4. The van der Waals surface area contributed by atoms with E-state index >= 15 is 0 Å². The SMILES string of the molecule is COCCCN1CC2(CCC1=O)CCN(C(=O)c1cc(C)cc(C)c1)CC2. The number of nitrogens with zero attached hydrogens (tertiary/aromatic N) is 2. The van der Waals surface area contributed by atoms with Gasteiger partial charge < -0.3 is 14.5 Å². The van der Waals surface area contributed by atoms with Crippen LogP contribution in [-0.2, 0) is 9.53 Å². The number of piperidine rings is 2. The smallest absolute Gasteiger partial charge is 0.253 e. The zero-order valence-electron chi connectivity index (χ0n) is 16.9. The second-order valence-corrected chi connectivity index (χ2v) is 8.33. The summed E-state index contributed by atoms with van der Waals surface area (Å²) in [5.41, 5.74) is 3.23. The molecule has 1 aromatic rings. The highest BCUT2D eigenvalue weighted by atomic mass is 16.5. The Morgan fingerprint density at radius 1 is 1.11 bits per heavy atom.